The largest absolute Gasteiger partial charge is 0.378 e. The third-order valence-corrected chi connectivity index (χ3v) is 8.75. The van der Waals surface area contributed by atoms with Crippen LogP contribution in [0.2, 0.25) is 0 Å². The zero-order chi connectivity index (χ0) is 25.8. The van der Waals surface area contributed by atoms with Crippen molar-refractivity contribution < 1.29 is 19.1 Å². The number of urea groups is 1. The molecule has 5 rings (SSSR count). The number of primary amides is 1. The molecule has 0 spiro atoms. The summed E-state index contributed by atoms with van der Waals surface area (Å²) in [5, 5.41) is 3.13. The molecule has 2 aromatic rings. The summed E-state index contributed by atoms with van der Waals surface area (Å²) in [7, 11) is 0. The predicted molar refractivity (Wildman–Crippen MR) is 144 cm³/mol. The molecule has 1 aromatic carbocycles. The second-order valence-corrected chi connectivity index (χ2v) is 11.1. The van der Waals surface area contributed by atoms with Crippen LogP contribution in [0.4, 0.5) is 9.80 Å². The van der Waals surface area contributed by atoms with Crippen molar-refractivity contribution in [1.29, 1.82) is 0 Å². The molecule has 1 atom stereocenters. The van der Waals surface area contributed by atoms with Gasteiger partial charge in [0, 0.05) is 43.6 Å². The van der Waals surface area contributed by atoms with Gasteiger partial charge in [-0.3, -0.25) is 19.8 Å². The quantitative estimate of drug-likeness (QED) is 0.624. The Hall–Kier alpha value is -2.95. The van der Waals surface area contributed by atoms with Gasteiger partial charge in [-0.25, -0.2) is 4.79 Å². The number of piperidine rings is 2. The van der Waals surface area contributed by atoms with Crippen molar-refractivity contribution in [2.24, 2.45) is 11.7 Å². The van der Waals surface area contributed by atoms with E-state index in [4.69, 9.17) is 10.5 Å². The normalized spacial score (nSPS) is 21.6. The van der Waals surface area contributed by atoms with Crippen LogP contribution in [0, 0.1) is 5.92 Å². The van der Waals surface area contributed by atoms with Crippen LogP contribution in [0.3, 0.4) is 0 Å². The molecule has 1 unspecified atom stereocenters. The fraction of sp³-hybridized carbons (Fsp3) is 0.519. The van der Waals surface area contributed by atoms with Gasteiger partial charge in [-0.2, -0.15) is 0 Å². The summed E-state index contributed by atoms with van der Waals surface area (Å²) in [6.45, 7) is 5.73. The number of ether oxygens (including phenoxy) is 1. The number of nitrogens with one attached hydrogen (secondary N) is 1. The molecule has 4 heterocycles. The van der Waals surface area contributed by atoms with Gasteiger partial charge in [-0.05, 0) is 43.9 Å². The van der Waals surface area contributed by atoms with Crippen LogP contribution in [0.1, 0.15) is 36.0 Å². The lowest BCUT2D eigenvalue weighted by Crippen LogP contribution is -2.53. The van der Waals surface area contributed by atoms with Gasteiger partial charge in [0.05, 0.1) is 24.7 Å². The van der Waals surface area contributed by atoms with Crippen molar-refractivity contribution in [2.45, 2.75) is 31.7 Å². The molecule has 0 aliphatic carbocycles. The van der Waals surface area contributed by atoms with Crippen LogP contribution in [0.5, 0.6) is 0 Å². The second kappa shape index (κ2) is 11.6. The Morgan fingerprint density at radius 1 is 0.946 bits per heavy atom. The maximum Gasteiger partial charge on any atom is 0.317 e. The highest BCUT2D eigenvalue weighted by Crippen LogP contribution is 2.36. The van der Waals surface area contributed by atoms with Gasteiger partial charge in [-0.1, -0.05) is 30.3 Å². The van der Waals surface area contributed by atoms with Crippen molar-refractivity contribution in [3.05, 3.63) is 42.0 Å². The zero-order valence-electron chi connectivity index (χ0n) is 21.1. The van der Waals surface area contributed by atoms with Crippen LogP contribution < -0.4 is 11.1 Å². The number of nitrogens with zero attached hydrogens (tertiary/aromatic N) is 3. The highest BCUT2D eigenvalue weighted by atomic mass is 32.1. The van der Waals surface area contributed by atoms with Crippen molar-refractivity contribution in [3.63, 3.8) is 0 Å². The van der Waals surface area contributed by atoms with E-state index in [1.807, 2.05) is 46.2 Å². The smallest absolute Gasteiger partial charge is 0.317 e. The Kier molecular flexibility index (Phi) is 8.07. The summed E-state index contributed by atoms with van der Waals surface area (Å²) in [4.78, 5) is 45.4. The van der Waals surface area contributed by atoms with Crippen LogP contribution >= 0.6 is 11.3 Å². The van der Waals surface area contributed by atoms with Gasteiger partial charge < -0.3 is 20.3 Å². The van der Waals surface area contributed by atoms with E-state index in [1.54, 1.807) is 0 Å². The third-order valence-electron chi connectivity index (χ3n) is 7.65. The van der Waals surface area contributed by atoms with E-state index in [-0.39, 0.29) is 17.7 Å². The summed E-state index contributed by atoms with van der Waals surface area (Å²) in [5.74, 6) is 0.234. The maximum absolute atomic E-state index is 13.5. The highest BCUT2D eigenvalue weighted by Gasteiger charge is 2.35. The third kappa shape index (κ3) is 5.97. The number of benzene rings is 1. The number of morpholine rings is 1. The molecule has 9 nitrogen and oxygen atoms in total. The molecule has 0 saturated carbocycles. The lowest BCUT2D eigenvalue weighted by Gasteiger charge is -2.43. The molecule has 10 heteroatoms. The van der Waals surface area contributed by atoms with Crippen molar-refractivity contribution in [1.82, 2.24) is 14.7 Å². The van der Waals surface area contributed by atoms with E-state index >= 15 is 0 Å². The average molecular weight is 526 g/mol. The van der Waals surface area contributed by atoms with E-state index in [1.165, 1.54) is 11.3 Å². The summed E-state index contributed by atoms with van der Waals surface area (Å²) in [6.07, 6.45) is 3.72. The number of thiophene rings is 1. The fourth-order valence-electron chi connectivity index (χ4n) is 5.69. The zero-order valence-corrected chi connectivity index (χ0v) is 21.9. The van der Waals surface area contributed by atoms with Crippen LogP contribution in [0.15, 0.2) is 36.4 Å². The van der Waals surface area contributed by atoms with Crippen LogP contribution in [0.25, 0.3) is 10.4 Å². The number of hydrogen-bond donors (Lipinski definition) is 2. The number of carbonyl (C=O) groups is 3. The van der Waals surface area contributed by atoms with Crippen LogP contribution in [-0.4, -0.2) is 91.1 Å². The summed E-state index contributed by atoms with van der Waals surface area (Å²) in [6, 6.07) is 11.3. The molecule has 0 bridgehead atoms. The maximum atomic E-state index is 13.5. The standard InChI is InChI=1S/C27H35N5O4S/c28-27(35)29-24-22(17-23(37-24)19-5-2-1-3-6-19)26(34)30-11-8-21(9-12-30)32-10-4-7-20(18-32)25(33)31-13-15-36-16-14-31/h1-3,5-6,17,20-21H,4,7-16,18H2,(H3,28,29,35). The van der Waals surface area contributed by atoms with E-state index in [9.17, 15) is 14.4 Å². The molecular weight excluding hydrogens is 490 g/mol. The van der Waals surface area contributed by atoms with Gasteiger partial charge >= 0.3 is 6.03 Å². The summed E-state index contributed by atoms with van der Waals surface area (Å²) < 4.78 is 5.40. The Labute approximate surface area is 221 Å². The molecule has 3 N–H and O–H groups in total. The van der Waals surface area contributed by atoms with Gasteiger partial charge in [0.1, 0.15) is 5.00 Å². The Morgan fingerprint density at radius 2 is 1.68 bits per heavy atom. The predicted octanol–water partition coefficient (Wildman–Crippen LogP) is 3.08. The first-order valence-electron chi connectivity index (χ1n) is 13.1. The second-order valence-electron chi connectivity index (χ2n) is 10.0. The van der Waals surface area contributed by atoms with Gasteiger partial charge in [0.15, 0.2) is 0 Å². The molecule has 3 aliphatic heterocycles. The van der Waals surface area contributed by atoms with Gasteiger partial charge in [-0.15, -0.1) is 11.3 Å². The summed E-state index contributed by atoms with van der Waals surface area (Å²) >= 11 is 1.36. The number of nitrogens with two attached hydrogens (primary N) is 1. The first kappa shape index (κ1) is 25.7. The minimum Gasteiger partial charge on any atom is -0.378 e. The first-order valence-corrected chi connectivity index (χ1v) is 14.0. The highest BCUT2D eigenvalue weighted by molar-refractivity contribution is 7.20. The van der Waals surface area contributed by atoms with E-state index in [0.717, 1.165) is 49.2 Å². The first-order chi connectivity index (χ1) is 18.0. The number of anilines is 1. The molecule has 198 valence electrons. The number of hydrogen-bond acceptors (Lipinski definition) is 6. The fourth-order valence-corrected chi connectivity index (χ4v) is 6.74. The number of rotatable bonds is 5. The molecule has 4 amide bonds. The average Bonchev–Trinajstić information content (AvgIpc) is 3.36. The van der Waals surface area contributed by atoms with Crippen molar-refractivity contribution in [2.75, 3.05) is 57.8 Å². The van der Waals surface area contributed by atoms with E-state index < -0.39 is 6.03 Å². The van der Waals surface area contributed by atoms with Crippen molar-refractivity contribution >= 4 is 34.2 Å². The number of amides is 4. The van der Waals surface area contributed by atoms with Gasteiger partial charge in [0.2, 0.25) is 5.91 Å². The van der Waals surface area contributed by atoms with Crippen molar-refractivity contribution in [3.8, 4) is 10.4 Å². The topological polar surface area (TPSA) is 108 Å². The summed E-state index contributed by atoms with van der Waals surface area (Å²) in [5.41, 5.74) is 6.87. The van der Waals surface area contributed by atoms with E-state index in [0.29, 0.717) is 56.0 Å². The molecule has 3 fully saturated rings. The minimum absolute atomic E-state index is 0.0520. The Balaban J connectivity index is 1.21. The van der Waals surface area contributed by atoms with Crippen LogP contribution in [-0.2, 0) is 9.53 Å². The Morgan fingerprint density at radius 3 is 2.38 bits per heavy atom. The lowest BCUT2D eigenvalue weighted by molar-refractivity contribution is -0.141. The molecule has 3 aliphatic rings. The molecule has 37 heavy (non-hydrogen) atoms. The molecular formula is C27H35N5O4S. The SMILES string of the molecule is NC(=O)Nc1sc(-c2ccccc2)cc1C(=O)N1CCC(N2CCCC(C(=O)N3CCOCC3)C2)CC1. The number of likely N-dealkylation sites (tertiary alicyclic amines) is 2. The lowest BCUT2D eigenvalue weighted by atomic mass is 9.92. The van der Waals surface area contributed by atoms with E-state index in [2.05, 4.69) is 10.2 Å². The monoisotopic (exact) mass is 525 g/mol. The van der Waals surface area contributed by atoms with Gasteiger partial charge in [0.25, 0.3) is 5.91 Å². The minimum atomic E-state index is -0.680. The molecule has 0 radical (unpaired) electrons. The number of carbonyl (C=O) groups excluding carboxylic acids is 3. The molecule has 1 aromatic heterocycles. The molecule has 3 saturated heterocycles. The Bertz CT molecular complexity index is 1110.